The maximum absolute atomic E-state index is 13.9. The lowest BCUT2D eigenvalue weighted by Gasteiger charge is -2.20. The number of amides is 1. The predicted molar refractivity (Wildman–Crippen MR) is 72.2 cm³/mol. The van der Waals surface area contributed by atoms with Crippen LogP contribution in [0.1, 0.15) is 36.2 Å². The first-order valence-electron chi connectivity index (χ1n) is 6.32. The van der Waals surface area contributed by atoms with E-state index in [4.69, 9.17) is 5.11 Å². The van der Waals surface area contributed by atoms with Gasteiger partial charge < -0.3 is 10.0 Å². The molecule has 0 saturated heterocycles. The van der Waals surface area contributed by atoms with Crippen LogP contribution in [-0.4, -0.2) is 35.6 Å². The first-order chi connectivity index (χ1) is 9.13. The molecule has 0 heterocycles. The highest BCUT2D eigenvalue weighted by Crippen LogP contribution is 2.13. The van der Waals surface area contributed by atoms with Gasteiger partial charge in [-0.05, 0) is 31.5 Å². The van der Waals surface area contributed by atoms with Crippen LogP contribution in [0.25, 0.3) is 0 Å². The Labute approximate surface area is 113 Å². The zero-order chi connectivity index (χ0) is 14.3. The summed E-state index contributed by atoms with van der Waals surface area (Å²) in [5, 5.41) is 8.58. The van der Waals surface area contributed by atoms with E-state index in [0.717, 1.165) is 6.42 Å². The summed E-state index contributed by atoms with van der Waals surface area (Å²) in [6, 6.07) is 4.24. The van der Waals surface area contributed by atoms with Gasteiger partial charge in [0.25, 0.3) is 5.91 Å². The molecule has 1 aromatic carbocycles. The smallest absolute Gasteiger partial charge is 0.256 e. The molecular formula is C15H18FNO2. The van der Waals surface area contributed by atoms with Gasteiger partial charge in [-0.15, -0.1) is 0 Å². The van der Waals surface area contributed by atoms with Gasteiger partial charge in [-0.3, -0.25) is 4.79 Å². The standard InChI is InChI=1S/C15H18FNO2/c1-3-9-17(4-2)15(19)13-8-7-12(6-5-10-18)11-14(13)16/h7-8,11,18H,3-4,9-10H2,1-2H3. The Balaban J connectivity index is 2.98. The van der Waals surface area contributed by atoms with Gasteiger partial charge in [-0.25, -0.2) is 4.39 Å². The molecule has 0 bridgehead atoms. The van der Waals surface area contributed by atoms with Crippen LogP contribution in [0.15, 0.2) is 18.2 Å². The summed E-state index contributed by atoms with van der Waals surface area (Å²) in [5.74, 6) is 4.16. The van der Waals surface area contributed by atoms with Gasteiger partial charge in [0.1, 0.15) is 12.4 Å². The maximum atomic E-state index is 13.9. The summed E-state index contributed by atoms with van der Waals surface area (Å²) < 4.78 is 13.9. The molecule has 19 heavy (non-hydrogen) atoms. The van der Waals surface area contributed by atoms with Crippen LogP contribution < -0.4 is 0 Å². The van der Waals surface area contributed by atoms with Gasteiger partial charge in [0, 0.05) is 18.7 Å². The van der Waals surface area contributed by atoms with Crippen molar-refractivity contribution in [3.8, 4) is 11.8 Å². The molecule has 0 aromatic heterocycles. The van der Waals surface area contributed by atoms with Gasteiger partial charge in [0.2, 0.25) is 0 Å². The van der Waals surface area contributed by atoms with Gasteiger partial charge in [-0.2, -0.15) is 0 Å². The van der Waals surface area contributed by atoms with Crippen molar-refractivity contribution in [2.75, 3.05) is 19.7 Å². The molecule has 1 amide bonds. The molecule has 0 fully saturated rings. The average molecular weight is 263 g/mol. The zero-order valence-corrected chi connectivity index (χ0v) is 11.2. The van der Waals surface area contributed by atoms with Crippen molar-refractivity contribution in [3.63, 3.8) is 0 Å². The van der Waals surface area contributed by atoms with E-state index in [1.165, 1.54) is 12.1 Å². The van der Waals surface area contributed by atoms with Crippen LogP contribution in [0.2, 0.25) is 0 Å². The molecule has 0 aliphatic heterocycles. The van der Waals surface area contributed by atoms with Crippen LogP contribution in [0.3, 0.4) is 0 Å². The molecule has 102 valence electrons. The number of hydrogen-bond acceptors (Lipinski definition) is 2. The van der Waals surface area contributed by atoms with Gasteiger partial charge in [-0.1, -0.05) is 18.8 Å². The molecule has 0 aliphatic carbocycles. The molecule has 1 rings (SSSR count). The number of benzene rings is 1. The first-order valence-corrected chi connectivity index (χ1v) is 6.32. The molecule has 0 saturated carbocycles. The van der Waals surface area contributed by atoms with Crippen molar-refractivity contribution >= 4 is 5.91 Å². The van der Waals surface area contributed by atoms with E-state index in [1.807, 2.05) is 13.8 Å². The van der Waals surface area contributed by atoms with Crippen molar-refractivity contribution < 1.29 is 14.3 Å². The number of halogens is 1. The lowest BCUT2D eigenvalue weighted by atomic mass is 10.1. The monoisotopic (exact) mass is 263 g/mol. The number of hydrogen-bond donors (Lipinski definition) is 1. The van der Waals surface area contributed by atoms with Gasteiger partial charge >= 0.3 is 0 Å². The molecular weight excluding hydrogens is 245 g/mol. The fraction of sp³-hybridized carbons (Fsp3) is 0.400. The second-order valence-corrected chi connectivity index (χ2v) is 4.04. The zero-order valence-electron chi connectivity index (χ0n) is 11.2. The lowest BCUT2D eigenvalue weighted by molar-refractivity contribution is 0.0760. The van der Waals surface area contributed by atoms with E-state index in [-0.39, 0.29) is 18.1 Å². The highest BCUT2D eigenvalue weighted by atomic mass is 19.1. The predicted octanol–water partition coefficient (Wildman–Crippen LogP) is 2.04. The minimum atomic E-state index is -0.579. The summed E-state index contributed by atoms with van der Waals surface area (Å²) >= 11 is 0. The van der Waals surface area contributed by atoms with E-state index in [0.29, 0.717) is 18.7 Å². The Bertz CT molecular complexity index is 503. The topological polar surface area (TPSA) is 40.5 Å². The maximum Gasteiger partial charge on any atom is 0.256 e. The SMILES string of the molecule is CCCN(CC)C(=O)c1ccc(C#CCO)cc1F. The van der Waals surface area contributed by atoms with Crippen molar-refractivity contribution in [2.24, 2.45) is 0 Å². The lowest BCUT2D eigenvalue weighted by Crippen LogP contribution is -2.32. The van der Waals surface area contributed by atoms with Crippen molar-refractivity contribution in [2.45, 2.75) is 20.3 Å². The molecule has 0 aliphatic rings. The Kier molecular flexibility index (Phi) is 6.04. The fourth-order valence-corrected chi connectivity index (χ4v) is 1.75. The van der Waals surface area contributed by atoms with Gasteiger partial charge in [0.05, 0.1) is 5.56 Å². The Morgan fingerprint density at radius 3 is 2.68 bits per heavy atom. The third-order valence-corrected chi connectivity index (χ3v) is 2.67. The number of carbonyl (C=O) groups excluding carboxylic acids is 1. The molecule has 0 unspecified atom stereocenters. The third-order valence-electron chi connectivity index (χ3n) is 2.67. The van der Waals surface area contributed by atoms with E-state index in [1.54, 1.807) is 11.0 Å². The number of aliphatic hydroxyl groups is 1. The molecule has 0 spiro atoms. The van der Waals surface area contributed by atoms with E-state index in [2.05, 4.69) is 11.8 Å². The minimum Gasteiger partial charge on any atom is -0.384 e. The molecule has 0 radical (unpaired) electrons. The summed E-state index contributed by atoms with van der Waals surface area (Å²) in [6.45, 7) is 4.73. The fourth-order valence-electron chi connectivity index (χ4n) is 1.75. The number of nitrogens with zero attached hydrogens (tertiary/aromatic N) is 1. The Hall–Kier alpha value is -1.86. The molecule has 0 atom stereocenters. The van der Waals surface area contributed by atoms with Crippen LogP contribution in [0.4, 0.5) is 4.39 Å². The van der Waals surface area contributed by atoms with Crippen molar-refractivity contribution in [3.05, 3.63) is 35.1 Å². The van der Waals surface area contributed by atoms with E-state index in [9.17, 15) is 9.18 Å². The third kappa shape index (κ3) is 4.08. The van der Waals surface area contributed by atoms with E-state index >= 15 is 0 Å². The minimum absolute atomic E-state index is 0.0600. The van der Waals surface area contributed by atoms with Crippen LogP contribution in [-0.2, 0) is 0 Å². The summed E-state index contributed by atoms with van der Waals surface area (Å²) in [6.07, 6.45) is 0.835. The molecule has 1 aromatic rings. The van der Waals surface area contributed by atoms with Crippen LogP contribution in [0.5, 0.6) is 0 Å². The van der Waals surface area contributed by atoms with Gasteiger partial charge in [0.15, 0.2) is 0 Å². The summed E-state index contributed by atoms with van der Waals surface area (Å²) in [7, 11) is 0. The summed E-state index contributed by atoms with van der Waals surface area (Å²) in [5.41, 5.74) is 0.506. The number of aliphatic hydroxyl groups excluding tert-OH is 1. The quantitative estimate of drug-likeness (QED) is 0.845. The van der Waals surface area contributed by atoms with E-state index < -0.39 is 5.82 Å². The Morgan fingerprint density at radius 1 is 1.42 bits per heavy atom. The second kappa shape index (κ2) is 7.55. The Morgan fingerprint density at radius 2 is 2.16 bits per heavy atom. The number of carbonyl (C=O) groups is 1. The highest BCUT2D eigenvalue weighted by Gasteiger charge is 2.17. The van der Waals surface area contributed by atoms with Crippen molar-refractivity contribution in [1.82, 2.24) is 4.90 Å². The van der Waals surface area contributed by atoms with Crippen LogP contribution in [0, 0.1) is 17.7 Å². The first kappa shape index (κ1) is 15.2. The molecule has 4 heteroatoms. The van der Waals surface area contributed by atoms with Crippen molar-refractivity contribution in [1.29, 1.82) is 0 Å². The van der Waals surface area contributed by atoms with Crippen LogP contribution >= 0.6 is 0 Å². The second-order valence-electron chi connectivity index (χ2n) is 4.04. The largest absolute Gasteiger partial charge is 0.384 e. The average Bonchev–Trinajstić information content (AvgIpc) is 2.42. The normalized spacial score (nSPS) is 9.68. The molecule has 3 nitrogen and oxygen atoms in total. The summed E-state index contributed by atoms with van der Waals surface area (Å²) in [4.78, 5) is 13.7. The highest BCUT2D eigenvalue weighted by molar-refractivity contribution is 5.94. The number of rotatable bonds is 4. The molecule has 1 N–H and O–H groups in total.